The van der Waals surface area contributed by atoms with Crippen LogP contribution >= 0.6 is 11.6 Å². The monoisotopic (exact) mass is 350 g/mol. The molecule has 1 aliphatic rings. The van der Waals surface area contributed by atoms with E-state index in [0.29, 0.717) is 17.4 Å². The van der Waals surface area contributed by atoms with Gasteiger partial charge in [-0.3, -0.25) is 14.3 Å². The molecule has 24 heavy (non-hydrogen) atoms. The molecule has 126 valence electrons. The number of likely N-dealkylation sites (N-methyl/N-ethyl adjacent to an activating group) is 1. The van der Waals surface area contributed by atoms with Gasteiger partial charge in [-0.15, -0.1) is 0 Å². The quantitative estimate of drug-likeness (QED) is 0.861. The molecule has 2 aromatic rings. The third kappa shape index (κ3) is 2.87. The maximum atomic E-state index is 13.8. The van der Waals surface area contributed by atoms with E-state index in [1.165, 1.54) is 23.1 Å². The first-order valence-electron chi connectivity index (χ1n) is 7.38. The van der Waals surface area contributed by atoms with Gasteiger partial charge in [0.2, 0.25) is 11.8 Å². The Bertz CT molecular complexity index is 807. The number of carbonyl (C=O) groups excluding carboxylic acids is 2. The average molecular weight is 351 g/mol. The predicted octanol–water partition coefficient (Wildman–Crippen LogP) is 2.02. The molecule has 1 N–H and O–H groups in total. The smallest absolute Gasteiger partial charge is 0.237 e. The number of likely N-dealkylation sites (tertiary alicyclic amines) is 1. The summed E-state index contributed by atoms with van der Waals surface area (Å²) in [5.74, 6) is -2.77. The zero-order valence-corrected chi connectivity index (χ0v) is 13.9. The average Bonchev–Trinajstić information content (AvgIpc) is 3.01. The van der Waals surface area contributed by atoms with Gasteiger partial charge >= 0.3 is 0 Å². The number of aromatic nitrogens is 2. The van der Waals surface area contributed by atoms with Gasteiger partial charge in [-0.1, -0.05) is 23.7 Å². The van der Waals surface area contributed by atoms with Gasteiger partial charge < -0.3 is 10.2 Å². The van der Waals surface area contributed by atoms with E-state index in [4.69, 9.17) is 11.6 Å². The highest BCUT2D eigenvalue weighted by Crippen LogP contribution is 2.34. The highest BCUT2D eigenvalue weighted by Gasteiger charge is 2.45. The minimum absolute atomic E-state index is 0.0478. The summed E-state index contributed by atoms with van der Waals surface area (Å²) in [7, 11) is 3.33. The molecular formula is C16H16ClFN4O2. The van der Waals surface area contributed by atoms with Crippen molar-refractivity contribution in [2.75, 3.05) is 18.9 Å². The third-order valence-corrected chi connectivity index (χ3v) is 4.38. The molecule has 1 aromatic heterocycles. The normalized spacial score (nSPS) is 20.5. The molecule has 8 heteroatoms. The minimum atomic E-state index is -0.957. The van der Waals surface area contributed by atoms with Gasteiger partial charge in [0, 0.05) is 32.3 Å². The highest BCUT2D eigenvalue weighted by atomic mass is 35.5. The van der Waals surface area contributed by atoms with Crippen LogP contribution in [0.2, 0.25) is 5.15 Å². The minimum Gasteiger partial charge on any atom is -0.344 e. The van der Waals surface area contributed by atoms with E-state index in [0.717, 1.165) is 0 Å². The number of rotatable bonds is 3. The summed E-state index contributed by atoms with van der Waals surface area (Å²) < 4.78 is 15.3. The van der Waals surface area contributed by atoms with E-state index in [9.17, 15) is 14.0 Å². The van der Waals surface area contributed by atoms with Crippen molar-refractivity contribution in [3.8, 4) is 0 Å². The summed E-state index contributed by atoms with van der Waals surface area (Å²) >= 11 is 5.91. The number of halogens is 2. The zero-order chi connectivity index (χ0) is 17.4. The standard InChI is InChI=1S/C16H16ClFN4O2/c1-21-8-9(12-7-13(17)20-22(12)2)14(16(21)24)15(23)19-11-6-4-3-5-10(11)18/h3-7,9,14H,8H2,1-2H3,(H,19,23)/t9-,14+/m1/s1. The summed E-state index contributed by atoms with van der Waals surface area (Å²) in [6.45, 7) is 0.365. The van der Waals surface area contributed by atoms with E-state index >= 15 is 0 Å². The lowest BCUT2D eigenvalue weighted by atomic mass is 9.91. The number of hydrogen-bond acceptors (Lipinski definition) is 3. The Morgan fingerprint density at radius 1 is 1.38 bits per heavy atom. The number of para-hydroxylation sites is 1. The first-order valence-corrected chi connectivity index (χ1v) is 7.76. The second-order valence-electron chi connectivity index (χ2n) is 5.79. The Morgan fingerprint density at radius 3 is 2.71 bits per heavy atom. The molecule has 6 nitrogen and oxygen atoms in total. The SMILES string of the molecule is CN1C[C@H](c2cc(Cl)nn2C)[C@@H](C(=O)Nc2ccccc2F)C1=O. The largest absolute Gasteiger partial charge is 0.344 e. The fraction of sp³-hybridized carbons (Fsp3) is 0.312. The maximum absolute atomic E-state index is 13.8. The van der Waals surface area contributed by atoms with Crippen molar-refractivity contribution in [3.63, 3.8) is 0 Å². The van der Waals surface area contributed by atoms with Gasteiger partial charge in [-0.2, -0.15) is 5.10 Å². The van der Waals surface area contributed by atoms with Crippen molar-refractivity contribution in [1.29, 1.82) is 0 Å². The van der Waals surface area contributed by atoms with Crippen molar-refractivity contribution in [2.45, 2.75) is 5.92 Å². The lowest BCUT2D eigenvalue weighted by Gasteiger charge is -2.17. The number of amides is 2. The molecule has 1 aliphatic heterocycles. The fourth-order valence-electron chi connectivity index (χ4n) is 3.02. The van der Waals surface area contributed by atoms with Gasteiger partial charge in [-0.25, -0.2) is 4.39 Å². The van der Waals surface area contributed by atoms with Crippen LogP contribution in [0.5, 0.6) is 0 Å². The van der Waals surface area contributed by atoms with Crippen LogP contribution in [0, 0.1) is 11.7 Å². The van der Waals surface area contributed by atoms with Crippen LogP contribution in [-0.4, -0.2) is 40.1 Å². The first-order chi connectivity index (χ1) is 11.4. The van der Waals surface area contributed by atoms with Crippen molar-refractivity contribution < 1.29 is 14.0 Å². The van der Waals surface area contributed by atoms with Crippen LogP contribution in [0.25, 0.3) is 0 Å². The third-order valence-electron chi connectivity index (χ3n) is 4.20. The zero-order valence-electron chi connectivity index (χ0n) is 13.2. The Morgan fingerprint density at radius 2 is 2.08 bits per heavy atom. The van der Waals surface area contributed by atoms with Crippen LogP contribution in [0.3, 0.4) is 0 Å². The van der Waals surface area contributed by atoms with Crippen molar-refractivity contribution in [2.24, 2.45) is 13.0 Å². The Kier molecular flexibility index (Phi) is 4.28. The van der Waals surface area contributed by atoms with Gasteiger partial charge in [0.15, 0.2) is 5.15 Å². The molecule has 3 rings (SSSR count). The van der Waals surface area contributed by atoms with Crippen molar-refractivity contribution in [1.82, 2.24) is 14.7 Å². The van der Waals surface area contributed by atoms with Crippen LogP contribution < -0.4 is 5.32 Å². The van der Waals surface area contributed by atoms with Gasteiger partial charge in [0.05, 0.1) is 5.69 Å². The second-order valence-corrected chi connectivity index (χ2v) is 6.17. The lowest BCUT2D eigenvalue weighted by molar-refractivity contribution is -0.135. The van der Waals surface area contributed by atoms with E-state index in [-0.39, 0.29) is 11.6 Å². The number of nitrogens with one attached hydrogen (secondary N) is 1. The molecule has 0 saturated carbocycles. The van der Waals surface area contributed by atoms with E-state index in [2.05, 4.69) is 10.4 Å². The molecule has 2 heterocycles. The topological polar surface area (TPSA) is 67.2 Å². The predicted molar refractivity (Wildman–Crippen MR) is 87.1 cm³/mol. The Labute approximate surface area is 143 Å². The summed E-state index contributed by atoms with van der Waals surface area (Å²) in [5.41, 5.74) is 0.734. The molecule has 0 spiro atoms. The highest BCUT2D eigenvalue weighted by molar-refractivity contribution is 6.29. The fourth-order valence-corrected chi connectivity index (χ4v) is 3.25. The van der Waals surface area contributed by atoms with Gasteiger partial charge in [0.1, 0.15) is 11.7 Å². The molecule has 1 aromatic carbocycles. The summed E-state index contributed by atoms with van der Waals surface area (Å²) in [6.07, 6.45) is 0. The van der Waals surface area contributed by atoms with Crippen molar-refractivity contribution in [3.05, 3.63) is 47.0 Å². The van der Waals surface area contributed by atoms with Crippen molar-refractivity contribution >= 4 is 29.1 Å². The molecule has 0 radical (unpaired) electrons. The molecule has 0 unspecified atom stereocenters. The molecule has 1 saturated heterocycles. The molecule has 2 atom stereocenters. The van der Waals surface area contributed by atoms with Crippen LogP contribution in [-0.2, 0) is 16.6 Å². The summed E-state index contributed by atoms with van der Waals surface area (Å²) in [6, 6.07) is 7.48. The second kappa shape index (κ2) is 6.24. The van der Waals surface area contributed by atoms with Gasteiger partial charge in [-0.05, 0) is 18.2 Å². The molecule has 0 aliphatic carbocycles. The number of aryl methyl sites for hydroxylation is 1. The number of benzene rings is 1. The number of hydrogen-bond donors (Lipinski definition) is 1. The van der Waals surface area contributed by atoms with E-state index in [1.54, 1.807) is 30.9 Å². The number of carbonyl (C=O) groups is 2. The van der Waals surface area contributed by atoms with E-state index < -0.39 is 23.6 Å². The van der Waals surface area contributed by atoms with Crippen LogP contribution in [0.1, 0.15) is 11.6 Å². The Balaban J connectivity index is 1.91. The number of nitrogens with zero attached hydrogens (tertiary/aromatic N) is 3. The molecule has 0 bridgehead atoms. The van der Waals surface area contributed by atoms with Gasteiger partial charge in [0.25, 0.3) is 0 Å². The lowest BCUT2D eigenvalue weighted by Crippen LogP contribution is -2.33. The summed E-state index contributed by atoms with van der Waals surface area (Å²) in [5, 5.41) is 6.86. The van der Waals surface area contributed by atoms with Crippen LogP contribution in [0.4, 0.5) is 10.1 Å². The van der Waals surface area contributed by atoms with E-state index in [1.807, 2.05) is 0 Å². The molecule has 1 fully saturated rings. The van der Waals surface area contributed by atoms with Crippen LogP contribution in [0.15, 0.2) is 30.3 Å². The summed E-state index contributed by atoms with van der Waals surface area (Å²) in [4.78, 5) is 26.6. The maximum Gasteiger partial charge on any atom is 0.237 e. The Hall–Kier alpha value is -2.41. The molecule has 2 amide bonds. The number of anilines is 1. The molecular weight excluding hydrogens is 335 g/mol. The first kappa shape index (κ1) is 16.4.